The number of piperidine rings is 1. The summed E-state index contributed by atoms with van der Waals surface area (Å²) in [7, 11) is 0. The van der Waals surface area contributed by atoms with Crippen molar-refractivity contribution in [2.24, 2.45) is 5.92 Å². The van der Waals surface area contributed by atoms with E-state index in [0.29, 0.717) is 12.2 Å². The van der Waals surface area contributed by atoms with Crippen LogP contribution in [0.3, 0.4) is 0 Å². The van der Waals surface area contributed by atoms with Crippen LogP contribution in [-0.2, 0) is 0 Å². The summed E-state index contributed by atoms with van der Waals surface area (Å²) in [6, 6.07) is 0. The summed E-state index contributed by atoms with van der Waals surface area (Å²) >= 11 is 0. The highest BCUT2D eigenvalue weighted by Crippen LogP contribution is 2.29. The molecule has 0 amide bonds. The van der Waals surface area contributed by atoms with Gasteiger partial charge in [-0.2, -0.15) is 15.1 Å². The highest BCUT2D eigenvalue weighted by Gasteiger charge is 2.26. The van der Waals surface area contributed by atoms with E-state index >= 15 is 0 Å². The van der Waals surface area contributed by atoms with Crippen LogP contribution in [0.5, 0.6) is 0 Å². The summed E-state index contributed by atoms with van der Waals surface area (Å²) < 4.78 is 13.5. The van der Waals surface area contributed by atoms with Gasteiger partial charge in [0.05, 0.1) is 11.6 Å². The lowest BCUT2D eigenvalue weighted by atomic mass is 9.94. The van der Waals surface area contributed by atoms with E-state index in [4.69, 9.17) is 5.73 Å². The van der Waals surface area contributed by atoms with Gasteiger partial charge in [0.2, 0.25) is 5.95 Å². The second-order valence-electron chi connectivity index (χ2n) is 5.06. The van der Waals surface area contributed by atoms with Crippen LogP contribution < -0.4 is 10.6 Å². The third-order valence-electron chi connectivity index (χ3n) is 3.71. The highest BCUT2D eigenvalue weighted by molar-refractivity contribution is 5.87. The van der Waals surface area contributed by atoms with Crippen LogP contribution in [0.1, 0.15) is 19.8 Å². The molecule has 0 spiro atoms. The molecule has 1 saturated heterocycles. The lowest BCUT2D eigenvalue weighted by molar-refractivity contribution is 0.222. The Balaban J connectivity index is 1.97. The molecule has 0 radical (unpaired) electrons. The molecule has 1 aliphatic heterocycles. The number of anilines is 2. The summed E-state index contributed by atoms with van der Waals surface area (Å²) in [5.74, 6) is 1.01. The molecule has 3 N–H and O–H groups in total. The van der Waals surface area contributed by atoms with Gasteiger partial charge >= 0.3 is 0 Å². The quantitative estimate of drug-likeness (QED) is 0.859. The minimum absolute atomic E-state index is 0.0480. The average Bonchev–Trinajstić information content (AvgIpc) is 2.85. The number of aromatic amines is 1. The van der Waals surface area contributed by atoms with E-state index in [1.54, 1.807) is 13.1 Å². The molecule has 0 bridgehead atoms. The van der Waals surface area contributed by atoms with Gasteiger partial charge in [0.1, 0.15) is 12.0 Å². The highest BCUT2D eigenvalue weighted by atomic mass is 19.1. The molecule has 0 aromatic carbocycles. The smallest absolute Gasteiger partial charge is 0.224 e. The molecule has 1 fully saturated rings. The van der Waals surface area contributed by atoms with Gasteiger partial charge in [0, 0.05) is 19.0 Å². The van der Waals surface area contributed by atoms with Crippen molar-refractivity contribution in [2.45, 2.75) is 25.9 Å². The van der Waals surface area contributed by atoms with Crippen molar-refractivity contribution < 1.29 is 4.39 Å². The fourth-order valence-corrected chi connectivity index (χ4v) is 2.65. The van der Waals surface area contributed by atoms with Crippen molar-refractivity contribution >= 4 is 22.8 Å². The van der Waals surface area contributed by atoms with E-state index in [9.17, 15) is 4.39 Å². The monoisotopic (exact) mass is 264 g/mol. The van der Waals surface area contributed by atoms with Gasteiger partial charge in [-0.25, -0.2) is 4.39 Å². The van der Waals surface area contributed by atoms with Gasteiger partial charge in [-0.15, -0.1) is 0 Å². The number of nitrogen functional groups attached to an aromatic ring is 1. The third kappa shape index (κ3) is 2.20. The molecule has 2 aromatic heterocycles. The van der Waals surface area contributed by atoms with Crippen molar-refractivity contribution in [3.05, 3.63) is 6.20 Å². The van der Waals surface area contributed by atoms with Gasteiger partial charge in [-0.1, -0.05) is 0 Å². The van der Waals surface area contributed by atoms with Gasteiger partial charge in [-0.05, 0) is 19.8 Å². The molecule has 3 rings (SSSR count). The number of hydrogen-bond donors (Lipinski definition) is 2. The number of nitrogens with two attached hydrogens (primary N) is 1. The van der Waals surface area contributed by atoms with Crippen molar-refractivity contribution in [3.8, 4) is 0 Å². The standard InChI is InChI=1S/C12H17FN6/c1-7(13)8-3-2-4-19(6-8)11-9-5-15-18-10(9)16-12(14)17-11/h5,7-8H,2-4,6H2,1H3,(H3,14,15,16,17,18). The summed E-state index contributed by atoms with van der Waals surface area (Å²) in [6.45, 7) is 3.14. The first-order chi connectivity index (χ1) is 9.15. The third-order valence-corrected chi connectivity index (χ3v) is 3.71. The molecular formula is C12H17FN6. The van der Waals surface area contributed by atoms with Gasteiger partial charge in [0.15, 0.2) is 5.65 Å². The molecule has 2 unspecified atom stereocenters. The Morgan fingerprint density at radius 3 is 3.16 bits per heavy atom. The van der Waals surface area contributed by atoms with E-state index < -0.39 is 6.17 Å². The van der Waals surface area contributed by atoms with Gasteiger partial charge in [0.25, 0.3) is 0 Å². The molecule has 0 saturated carbocycles. The molecule has 7 heteroatoms. The molecule has 0 aliphatic carbocycles. The van der Waals surface area contributed by atoms with E-state index in [1.165, 1.54) is 0 Å². The Morgan fingerprint density at radius 2 is 2.37 bits per heavy atom. The number of nitrogens with zero attached hydrogens (tertiary/aromatic N) is 4. The zero-order chi connectivity index (χ0) is 13.4. The Labute approximate surface area is 110 Å². The molecule has 2 atom stereocenters. The first-order valence-corrected chi connectivity index (χ1v) is 6.51. The second kappa shape index (κ2) is 4.64. The number of alkyl halides is 1. The summed E-state index contributed by atoms with van der Waals surface area (Å²) in [5.41, 5.74) is 6.34. The van der Waals surface area contributed by atoms with E-state index in [0.717, 1.165) is 30.6 Å². The first-order valence-electron chi connectivity index (χ1n) is 6.51. The first kappa shape index (κ1) is 12.1. The topological polar surface area (TPSA) is 83.7 Å². The predicted molar refractivity (Wildman–Crippen MR) is 71.6 cm³/mol. The Bertz CT molecular complexity index is 581. The Hall–Kier alpha value is -1.92. The predicted octanol–water partition coefficient (Wildman–Crippen LogP) is 1.51. The number of nitrogens with one attached hydrogen (secondary N) is 1. The van der Waals surface area contributed by atoms with Crippen molar-refractivity contribution in [2.75, 3.05) is 23.7 Å². The maximum atomic E-state index is 13.5. The zero-order valence-corrected chi connectivity index (χ0v) is 10.8. The van der Waals surface area contributed by atoms with Crippen molar-refractivity contribution in [1.82, 2.24) is 20.2 Å². The molecule has 19 heavy (non-hydrogen) atoms. The van der Waals surface area contributed by atoms with Crippen LogP contribution in [0, 0.1) is 5.92 Å². The van der Waals surface area contributed by atoms with E-state index in [1.807, 2.05) is 0 Å². The molecular weight excluding hydrogens is 247 g/mol. The zero-order valence-electron chi connectivity index (χ0n) is 10.8. The molecule has 2 aromatic rings. The minimum Gasteiger partial charge on any atom is -0.368 e. The van der Waals surface area contributed by atoms with Crippen LogP contribution >= 0.6 is 0 Å². The minimum atomic E-state index is -0.804. The Morgan fingerprint density at radius 1 is 1.53 bits per heavy atom. The van der Waals surface area contributed by atoms with Crippen molar-refractivity contribution in [1.29, 1.82) is 0 Å². The van der Waals surface area contributed by atoms with Crippen molar-refractivity contribution in [3.63, 3.8) is 0 Å². The van der Waals surface area contributed by atoms with Crippen LogP contribution in [0.4, 0.5) is 16.2 Å². The van der Waals surface area contributed by atoms with Gasteiger partial charge < -0.3 is 10.6 Å². The number of halogens is 1. The maximum Gasteiger partial charge on any atom is 0.224 e. The fourth-order valence-electron chi connectivity index (χ4n) is 2.65. The number of rotatable bonds is 2. The normalized spacial score (nSPS) is 21.8. The fraction of sp³-hybridized carbons (Fsp3) is 0.583. The average molecular weight is 264 g/mol. The van der Waals surface area contributed by atoms with E-state index in [-0.39, 0.29) is 11.9 Å². The number of H-pyrrole nitrogens is 1. The molecule has 102 valence electrons. The maximum absolute atomic E-state index is 13.5. The lowest BCUT2D eigenvalue weighted by Gasteiger charge is -2.34. The lowest BCUT2D eigenvalue weighted by Crippen LogP contribution is -2.39. The number of fused-ring (bicyclic) bond motifs is 1. The van der Waals surface area contributed by atoms with Crippen LogP contribution in [-0.4, -0.2) is 39.4 Å². The summed E-state index contributed by atoms with van der Waals surface area (Å²) in [5, 5.41) is 7.59. The Kier molecular flexibility index (Phi) is 2.96. The van der Waals surface area contributed by atoms with Crippen LogP contribution in [0.25, 0.3) is 11.0 Å². The molecule has 6 nitrogen and oxygen atoms in total. The summed E-state index contributed by atoms with van der Waals surface area (Å²) in [6.07, 6.45) is 2.76. The number of aromatic nitrogens is 4. The molecule has 3 heterocycles. The second-order valence-corrected chi connectivity index (χ2v) is 5.06. The van der Waals surface area contributed by atoms with Crippen LogP contribution in [0.15, 0.2) is 6.20 Å². The largest absolute Gasteiger partial charge is 0.368 e. The SMILES string of the molecule is CC(F)C1CCCN(c2nc(N)nc3[nH]ncc23)C1. The number of hydrogen-bond acceptors (Lipinski definition) is 5. The van der Waals surface area contributed by atoms with E-state index in [2.05, 4.69) is 25.1 Å². The molecule has 1 aliphatic rings. The summed E-state index contributed by atoms with van der Waals surface area (Å²) in [4.78, 5) is 10.5. The van der Waals surface area contributed by atoms with Crippen LogP contribution in [0.2, 0.25) is 0 Å². The van der Waals surface area contributed by atoms with Gasteiger partial charge in [-0.3, -0.25) is 5.10 Å².